The first-order chi connectivity index (χ1) is 10.5. The Morgan fingerprint density at radius 2 is 1.77 bits per heavy atom. The van der Waals surface area contributed by atoms with Crippen molar-refractivity contribution in [2.24, 2.45) is 0 Å². The van der Waals surface area contributed by atoms with Crippen molar-refractivity contribution in [1.82, 2.24) is 10.6 Å². The van der Waals surface area contributed by atoms with E-state index in [2.05, 4.69) is 20.9 Å². The van der Waals surface area contributed by atoms with E-state index in [4.69, 9.17) is 0 Å². The van der Waals surface area contributed by atoms with Crippen molar-refractivity contribution >= 4 is 23.3 Å². The summed E-state index contributed by atoms with van der Waals surface area (Å²) in [5.74, 6) is -0.243. The second-order valence-electron chi connectivity index (χ2n) is 5.77. The van der Waals surface area contributed by atoms with E-state index >= 15 is 0 Å². The molecule has 3 amide bonds. The molecule has 6 nitrogen and oxygen atoms in total. The summed E-state index contributed by atoms with van der Waals surface area (Å²) >= 11 is 0. The van der Waals surface area contributed by atoms with E-state index < -0.39 is 0 Å². The fourth-order valence-electron chi connectivity index (χ4n) is 2.41. The van der Waals surface area contributed by atoms with Gasteiger partial charge in [0.15, 0.2) is 0 Å². The van der Waals surface area contributed by atoms with Crippen LogP contribution in [0.3, 0.4) is 0 Å². The van der Waals surface area contributed by atoms with Gasteiger partial charge in [0.2, 0.25) is 5.91 Å². The molecule has 6 heteroatoms. The number of nitrogens with zero attached hydrogens (tertiary/aromatic N) is 1. The van der Waals surface area contributed by atoms with E-state index in [1.54, 1.807) is 0 Å². The minimum absolute atomic E-state index is 0.0428. The zero-order valence-corrected chi connectivity index (χ0v) is 13.2. The van der Waals surface area contributed by atoms with Gasteiger partial charge in [0.25, 0.3) is 0 Å². The Balaban J connectivity index is 1.77. The van der Waals surface area contributed by atoms with Crippen molar-refractivity contribution < 1.29 is 9.59 Å². The lowest BCUT2D eigenvalue weighted by Crippen LogP contribution is -2.42. The molecule has 0 spiro atoms. The predicted octanol–water partition coefficient (Wildman–Crippen LogP) is 1.93. The van der Waals surface area contributed by atoms with Gasteiger partial charge in [-0.15, -0.1) is 0 Å². The quantitative estimate of drug-likeness (QED) is 0.778. The lowest BCUT2D eigenvalue weighted by molar-refractivity contribution is -0.115. The van der Waals surface area contributed by atoms with E-state index in [0.29, 0.717) is 0 Å². The van der Waals surface area contributed by atoms with Crippen molar-refractivity contribution in [3.63, 3.8) is 0 Å². The van der Waals surface area contributed by atoms with Crippen LogP contribution in [-0.4, -0.2) is 37.6 Å². The van der Waals surface area contributed by atoms with Gasteiger partial charge in [-0.1, -0.05) is 0 Å². The third kappa shape index (κ3) is 4.95. The first-order valence-electron chi connectivity index (χ1n) is 7.74. The number of amides is 3. The minimum Gasteiger partial charge on any atom is -0.372 e. The number of anilines is 2. The van der Waals surface area contributed by atoms with Gasteiger partial charge in [0.05, 0.1) is 6.54 Å². The average Bonchev–Trinajstić information content (AvgIpc) is 2.99. The number of rotatable bonds is 5. The number of carbonyl (C=O) groups is 2. The Hall–Kier alpha value is -2.24. The summed E-state index contributed by atoms with van der Waals surface area (Å²) in [6, 6.07) is 7.51. The SMILES string of the molecule is CC(C)NC(=O)NCC(=O)Nc1ccc(N2CCCC2)cc1. The summed E-state index contributed by atoms with van der Waals surface area (Å²) < 4.78 is 0. The second kappa shape index (κ2) is 7.68. The van der Waals surface area contributed by atoms with Crippen LogP contribution in [-0.2, 0) is 4.79 Å². The lowest BCUT2D eigenvalue weighted by atomic mass is 10.2. The molecule has 0 aliphatic carbocycles. The fraction of sp³-hybridized carbons (Fsp3) is 0.500. The number of benzene rings is 1. The molecule has 0 bridgehead atoms. The molecule has 0 radical (unpaired) electrons. The summed E-state index contributed by atoms with van der Waals surface area (Å²) in [6.45, 7) is 5.87. The Morgan fingerprint density at radius 1 is 1.14 bits per heavy atom. The summed E-state index contributed by atoms with van der Waals surface area (Å²) in [6.07, 6.45) is 2.48. The fourth-order valence-corrected chi connectivity index (χ4v) is 2.41. The van der Waals surface area contributed by atoms with Gasteiger partial charge < -0.3 is 20.9 Å². The van der Waals surface area contributed by atoms with E-state index in [-0.39, 0.29) is 24.5 Å². The average molecular weight is 304 g/mol. The standard InChI is InChI=1S/C16H24N4O2/c1-12(2)18-16(22)17-11-15(21)19-13-5-7-14(8-6-13)20-9-3-4-10-20/h5-8,12H,3-4,9-11H2,1-2H3,(H,19,21)(H2,17,18,22). The lowest BCUT2D eigenvalue weighted by Gasteiger charge is -2.17. The van der Waals surface area contributed by atoms with E-state index in [1.807, 2.05) is 38.1 Å². The summed E-state index contributed by atoms with van der Waals surface area (Å²) in [7, 11) is 0. The molecule has 0 aromatic heterocycles. The van der Waals surface area contributed by atoms with Gasteiger partial charge in [0, 0.05) is 30.5 Å². The number of hydrogen-bond donors (Lipinski definition) is 3. The largest absolute Gasteiger partial charge is 0.372 e. The Bertz CT molecular complexity index is 507. The highest BCUT2D eigenvalue weighted by atomic mass is 16.2. The van der Waals surface area contributed by atoms with Gasteiger partial charge in [-0.2, -0.15) is 0 Å². The van der Waals surface area contributed by atoms with Crippen LogP contribution in [0.4, 0.5) is 16.2 Å². The molecule has 0 unspecified atom stereocenters. The molecular weight excluding hydrogens is 280 g/mol. The van der Waals surface area contributed by atoms with Gasteiger partial charge in [-0.25, -0.2) is 4.79 Å². The van der Waals surface area contributed by atoms with Gasteiger partial charge in [-0.05, 0) is 51.0 Å². The first kappa shape index (κ1) is 16.1. The molecule has 1 aliphatic rings. The Labute approximate surface area is 131 Å². The zero-order valence-electron chi connectivity index (χ0n) is 13.2. The molecule has 120 valence electrons. The maximum absolute atomic E-state index is 11.8. The topological polar surface area (TPSA) is 73.5 Å². The summed E-state index contributed by atoms with van der Waals surface area (Å²) in [5.41, 5.74) is 1.92. The van der Waals surface area contributed by atoms with Crippen molar-refractivity contribution in [3.05, 3.63) is 24.3 Å². The molecule has 3 N–H and O–H groups in total. The number of hydrogen-bond acceptors (Lipinski definition) is 3. The van der Waals surface area contributed by atoms with Crippen LogP contribution in [0.5, 0.6) is 0 Å². The summed E-state index contributed by atoms with van der Waals surface area (Å²) in [5, 5.41) is 7.95. The molecule has 1 heterocycles. The maximum Gasteiger partial charge on any atom is 0.315 e. The van der Waals surface area contributed by atoms with Crippen LogP contribution in [0.2, 0.25) is 0 Å². The molecule has 0 saturated carbocycles. The third-order valence-electron chi connectivity index (χ3n) is 3.45. The van der Waals surface area contributed by atoms with Crippen molar-refractivity contribution in [2.45, 2.75) is 32.7 Å². The van der Waals surface area contributed by atoms with Crippen molar-refractivity contribution in [2.75, 3.05) is 29.9 Å². The first-order valence-corrected chi connectivity index (χ1v) is 7.74. The van der Waals surface area contributed by atoms with Crippen molar-refractivity contribution in [3.8, 4) is 0 Å². The highest BCUT2D eigenvalue weighted by molar-refractivity contribution is 5.94. The Kier molecular flexibility index (Phi) is 5.63. The van der Waals surface area contributed by atoms with Crippen LogP contribution >= 0.6 is 0 Å². The van der Waals surface area contributed by atoms with Crippen molar-refractivity contribution in [1.29, 1.82) is 0 Å². The van der Waals surface area contributed by atoms with E-state index in [0.717, 1.165) is 18.8 Å². The van der Waals surface area contributed by atoms with Gasteiger partial charge >= 0.3 is 6.03 Å². The van der Waals surface area contributed by atoms with E-state index in [1.165, 1.54) is 18.5 Å². The predicted molar refractivity (Wildman–Crippen MR) is 88.2 cm³/mol. The summed E-state index contributed by atoms with van der Waals surface area (Å²) in [4.78, 5) is 25.5. The molecule has 0 atom stereocenters. The highest BCUT2D eigenvalue weighted by Crippen LogP contribution is 2.21. The van der Waals surface area contributed by atoms with Crippen LogP contribution in [0.1, 0.15) is 26.7 Å². The normalized spacial score (nSPS) is 14.0. The number of urea groups is 1. The molecule has 22 heavy (non-hydrogen) atoms. The van der Waals surface area contributed by atoms with Crippen LogP contribution in [0, 0.1) is 0 Å². The second-order valence-corrected chi connectivity index (χ2v) is 5.77. The third-order valence-corrected chi connectivity index (χ3v) is 3.45. The molecule has 1 aliphatic heterocycles. The molecule has 1 saturated heterocycles. The number of nitrogens with one attached hydrogen (secondary N) is 3. The number of carbonyl (C=O) groups excluding carboxylic acids is 2. The van der Waals surface area contributed by atoms with Gasteiger partial charge in [-0.3, -0.25) is 4.79 Å². The van der Waals surface area contributed by atoms with Crippen LogP contribution in [0.25, 0.3) is 0 Å². The highest BCUT2D eigenvalue weighted by Gasteiger charge is 2.12. The van der Waals surface area contributed by atoms with E-state index in [9.17, 15) is 9.59 Å². The molecule has 1 aromatic carbocycles. The maximum atomic E-state index is 11.8. The van der Waals surface area contributed by atoms with Crippen LogP contribution in [0.15, 0.2) is 24.3 Å². The molecule has 2 rings (SSSR count). The van der Waals surface area contributed by atoms with Gasteiger partial charge in [0.1, 0.15) is 0 Å². The Morgan fingerprint density at radius 3 is 2.36 bits per heavy atom. The smallest absolute Gasteiger partial charge is 0.315 e. The molecule has 1 aromatic rings. The molecular formula is C16H24N4O2. The molecule has 1 fully saturated rings. The van der Waals surface area contributed by atoms with Crippen LogP contribution < -0.4 is 20.9 Å². The minimum atomic E-state index is -0.338. The monoisotopic (exact) mass is 304 g/mol. The zero-order chi connectivity index (χ0) is 15.9.